The number of halogens is 1. The number of ketones is 1. The Morgan fingerprint density at radius 2 is 2.13 bits per heavy atom. The summed E-state index contributed by atoms with van der Waals surface area (Å²) in [5.41, 5.74) is -0.0521. The predicted molar refractivity (Wildman–Crippen MR) is 54.6 cm³/mol. The van der Waals surface area contributed by atoms with Crippen LogP contribution in [0.1, 0.15) is 17.3 Å². The summed E-state index contributed by atoms with van der Waals surface area (Å²) in [5.74, 6) is -1.18. The standard InChI is InChI=1S/C10H9ClO4/c1-6(12)5-15-9-3-2-7(11)4-8(9)10(13)14/h2-4H,5H2,1H3,(H,13,14). The van der Waals surface area contributed by atoms with Crippen LogP contribution in [0.5, 0.6) is 5.75 Å². The van der Waals surface area contributed by atoms with Crippen molar-refractivity contribution in [3.05, 3.63) is 28.8 Å². The molecule has 80 valence electrons. The minimum atomic E-state index is -1.14. The molecule has 0 aliphatic heterocycles. The maximum Gasteiger partial charge on any atom is 0.339 e. The van der Waals surface area contributed by atoms with Crippen LogP contribution in [-0.2, 0) is 4.79 Å². The number of hydrogen-bond acceptors (Lipinski definition) is 3. The monoisotopic (exact) mass is 228 g/mol. The second-order valence-corrected chi connectivity index (χ2v) is 3.37. The van der Waals surface area contributed by atoms with Crippen LogP contribution >= 0.6 is 11.6 Å². The van der Waals surface area contributed by atoms with Crippen molar-refractivity contribution in [2.75, 3.05) is 6.61 Å². The molecule has 1 rings (SSSR count). The lowest BCUT2D eigenvalue weighted by molar-refractivity contribution is -0.118. The summed E-state index contributed by atoms with van der Waals surface area (Å²) < 4.78 is 5.03. The van der Waals surface area contributed by atoms with E-state index in [2.05, 4.69) is 0 Å². The minimum Gasteiger partial charge on any atom is -0.485 e. The van der Waals surface area contributed by atoms with Gasteiger partial charge in [-0.1, -0.05) is 11.6 Å². The lowest BCUT2D eigenvalue weighted by atomic mass is 10.2. The fourth-order valence-corrected chi connectivity index (χ4v) is 1.15. The van der Waals surface area contributed by atoms with Gasteiger partial charge in [-0.05, 0) is 25.1 Å². The molecule has 0 bridgehead atoms. The Labute approximate surface area is 91.4 Å². The highest BCUT2D eigenvalue weighted by atomic mass is 35.5. The van der Waals surface area contributed by atoms with Gasteiger partial charge in [0.05, 0.1) is 0 Å². The predicted octanol–water partition coefficient (Wildman–Crippen LogP) is 2.01. The molecule has 1 aromatic carbocycles. The van der Waals surface area contributed by atoms with Crippen molar-refractivity contribution in [1.82, 2.24) is 0 Å². The van der Waals surface area contributed by atoms with Crippen LogP contribution < -0.4 is 4.74 Å². The summed E-state index contributed by atoms with van der Waals surface area (Å²) in [5, 5.41) is 9.14. The summed E-state index contributed by atoms with van der Waals surface area (Å²) >= 11 is 5.64. The number of carboxylic acid groups (broad SMARTS) is 1. The summed E-state index contributed by atoms with van der Waals surface area (Å²) in [6.45, 7) is 1.21. The molecule has 1 aromatic rings. The van der Waals surface area contributed by atoms with Crippen LogP contribution in [0.3, 0.4) is 0 Å². The highest BCUT2D eigenvalue weighted by molar-refractivity contribution is 6.31. The Kier molecular flexibility index (Phi) is 3.68. The highest BCUT2D eigenvalue weighted by Crippen LogP contribution is 2.22. The van der Waals surface area contributed by atoms with Crippen molar-refractivity contribution in [2.24, 2.45) is 0 Å². The van der Waals surface area contributed by atoms with Crippen LogP contribution in [0.2, 0.25) is 5.02 Å². The van der Waals surface area contributed by atoms with Gasteiger partial charge in [0.1, 0.15) is 17.9 Å². The molecule has 1 N–H and O–H groups in total. The number of ether oxygens (including phenoxy) is 1. The summed E-state index contributed by atoms with van der Waals surface area (Å²) in [6, 6.07) is 4.21. The Balaban J connectivity index is 2.95. The van der Waals surface area contributed by atoms with Crippen LogP contribution in [0.15, 0.2) is 18.2 Å². The topological polar surface area (TPSA) is 63.6 Å². The molecule has 0 fully saturated rings. The zero-order chi connectivity index (χ0) is 11.4. The quantitative estimate of drug-likeness (QED) is 0.856. The molecule has 0 aliphatic rings. The van der Waals surface area contributed by atoms with Gasteiger partial charge in [-0.3, -0.25) is 4.79 Å². The first kappa shape index (κ1) is 11.5. The molecule has 0 unspecified atom stereocenters. The summed E-state index contributed by atoms with van der Waals surface area (Å²) in [7, 11) is 0. The largest absolute Gasteiger partial charge is 0.485 e. The maximum absolute atomic E-state index is 10.8. The first-order valence-corrected chi connectivity index (χ1v) is 4.53. The number of carboxylic acids is 1. The van der Waals surface area contributed by atoms with Crippen molar-refractivity contribution in [2.45, 2.75) is 6.92 Å². The minimum absolute atomic E-state index is 0.0521. The third kappa shape index (κ3) is 3.25. The van der Waals surface area contributed by atoms with Crippen LogP contribution in [0.25, 0.3) is 0 Å². The molecule has 15 heavy (non-hydrogen) atoms. The highest BCUT2D eigenvalue weighted by Gasteiger charge is 2.12. The van der Waals surface area contributed by atoms with E-state index in [1.807, 2.05) is 0 Å². The fraction of sp³-hybridized carbons (Fsp3) is 0.200. The van der Waals surface area contributed by atoms with Gasteiger partial charge >= 0.3 is 5.97 Å². The molecule has 0 amide bonds. The van der Waals surface area contributed by atoms with Gasteiger partial charge in [0.2, 0.25) is 0 Å². The Morgan fingerprint density at radius 3 is 2.67 bits per heavy atom. The van der Waals surface area contributed by atoms with Gasteiger partial charge in [0.15, 0.2) is 5.78 Å². The maximum atomic E-state index is 10.8. The van der Waals surface area contributed by atoms with Gasteiger partial charge in [-0.2, -0.15) is 0 Å². The van der Waals surface area contributed by atoms with Crippen molar-refractivity contribution in [3.63, 3.8) is 0 Å². The molecular formula is C10H9ClO4. The lowest BCUT2D eigenvalue weighted by Crippen LogP contribution is -2.09. The van der Waals surface area contributed by atoms with Gasteiger partial charge in [0.25, 0.3) is 0 Å². The second-order valence-electron chi connectivity index (χ2n) is 2.94. The SMILES string of the molecule is CC(=O)COc1ccc(Cl)cc1C(=O)O. The number of aromatic carboxylic acids is 1. The second kappa shape index (κ2) is 4.79. The van der Waals surface area contributed by atoms with Crippen LogP contribution in [0, 0.1) is 0 Å². The first-order chi connectivity index (χ1) is 7.00. The van der Waals surface area contributed by atoms with Crippen molar-refractivity contribution in [1.29, 1.82) is 0 Å². The third-order valence-electron chi connectivity index (χ3n) is 1.60. The Morgan fingerprint density at radius 1 is 1.47 bits per heavy atom. The van der Waals surface area contributed by atoms with E-state index in [1.54, 1.807) is 0 Å². The molecule has 0 heterocycles. The van der Waals surface area contributed by atoms with Gasteiger partial charge in [-0.25, -0.2) is 4.79 Å². The number of carbonyl (C=O) groups is 2. The average Bonchev–Trinajstić information content (AvgIpc) is 2.15. The molecule has 4 nitrogen and oxygen atoms in total. The smallest absolute Gasteiger partial charge is 0.339 e. The third-order valence-corrected chi connectivity index (χ3v) is 1.84. The number of hydrogen-bond donors (Lipinski definition) is 1. The van der Waals surface area contributed by atoms with E-state index in [0.29, 0.717) is 5.02 Å². The zero-order valence-electron chi connectivity index (χ0n) is 7.99. The van der Waals surface area contributed by atoms with Crippen LogP contribution in [-0.4, -0.2) is 23.5 Å². The Hall–Kier alpha value is -1.55. The van der Waals surface area contributed by atoms with Gasteiger partial charge in [0, 0.05) is 5.02 Å². The van der Waals surface area contributed by atoms with E-state index in [0.717, 1.165) is 0 Å². The van der Waals surface area contributed by atoms with E-state index >= 15 is 0 Å². The van der Waals surface area contributed by atoms with E-state index in [-0.39, 0.29) is 23.7 Å². The van der Waals surface area contributed by atoms with Crippen molar-refractivity contribution >= 4 is 23.4 Å². The van der Waals surface area contributed by atoms with E-state index in [4.69, 9.17) is 21.4 Å². The number of rotatable bonds is 4. The number of benzene rings is 1. The lowest BCUT2D eigenvalue weighted by Gasteiger charge is -2.07. The molecular weight excluding hydrogens is 220 g/mol. The van der Waals surface area contributed by atoms with Gasteiger partial charge < -0.3 is 9.84 Å². The molecule has 0 aliphatic carbocycles. The first-order valence-electron chi connectivity index (χ1n) is 4.16. The average molecular weight is 229 g/mol. The fourth-order valence-electron chi connectivity index (χ4n) is 0.975. The number of carbonyl (C=O) groups excluding carboxylic acids is 1. The molecule has 0 saturated carbocycles. The summed E-state index contributed by atoms with van der Waals surface area (Å²) in [6.07, 6.45) is 0. The van der Waals surface area contributed by atoms with Gasteiger partial charge in [-0.15, -0.1) is 0 Å². The van der Waals surface area contributed by atoms with Crippen molar-refractivity contribution < 1.29 is 19.4 Å². The van der Waals surface area contributed by atoms with E-state index < -0.39 is 5.97 Å². The number of Topliss-reactive ketones (excluding diaryl/α,β-unsaturated/α-hetero) is 1. The van der Waals surface area contributed by atoms with E-state index in [1.165, 1.54) is 25.1 Å². The molecule has 0 atom stereocenters. The Bertz CT molecular complexity index is 400. The van der Waals surface area contributed by atoms with Crippen LogP contribution in [0.4, 0.5) is 0 Å². The normalized spacial score (nSPS) is 9.73. The zero-order valence-corrected chi connectivity index (χ0v) is 8.75. The molecule has 0 aromatic heterocycles. The molecule has 0 radical (unpaired) electrons. The molecule has 0 saturated heterocycles. The molecule has 0 spiro atoms. The molecule has 5 heteroatoms. The van der Waals surface area contributed by atoms with Crippen molar-refractivity contribution in [3.8, 4) is 5.75 Å². The van der Waals surface area contributed by atoms with E-state index in [9.17, 15) is 9.59 Å². The summed E-state index contributed by atoms with van der Waals surface area (Å²) in [4.78, 5) is 21.5.